The van der Waals surface area contributed by atoms with Gasteiger partial charge in [0.1, 0.15) is 12.4 Å². The summed E-state index contributed by atoms with van der Waals surface area (Å²) in [5, 5.41) is 11.4. The van der Waals surface area contributed by atoms with Crippen LogP contribution in [0.4, 0.5) is 9.18 Å². The summed E-state index contributed by atoms with van der Waals surface area (Å²) in [6, 6.07) is 5.54. The molecule has 0 spiro atoms. The molecule has 1 aliphatic rings. The maximum Gasteiger partial charge on any atom is 0.323 e. The number of halogens is 1. The van der Waals surface area contributed by atoms with Gasteiger partial charge in [0.25, 0.3) is 0 Å². The molecule has 2 N–H and O–H groups in total. The van der Waals surface area contributed by atoms with E-state index in [0.717, 1.165) is 23.3 Å². The number of carboxylic acid groups (broad SMARTS) is 1. The summed E-state index contributed by atoms with van der Waals surface area (Å²) in [5.74, 6) is -1.39. The Bertz CT molecular complexity index is 497. The van der Waals surface area contributed by atoms with Crippen molar-refractivity contribution in [2.45, 2.75) is 18.4 Å². The first-order valence-electron chi connectivity index (χ1n) is 5.94. The lowest BCUT2D eigenvalue weighted by atomic mass is 10.1. The average molecular weight is 266 g/mol. The molecular formula is C13H15FN2O3. The number of hydrogen-bond donors (Lipinski definition) is 2. The van der Waals surface area contributed by atoms with Crippen LogP contribution in [0.1, 0.15) is 18.4 Å². The molecule has 1 aliphatic carbocycles. The van der Waals surface area contributed by atoms with Crippen LogP contribution in [0.3, 0.4) is 0 Å². The van der Waals surface area contributed by atoms with Crippen LogP contribution in [0.2, 0.25) is 0 Å². The SMILES string of the molecule is CN(CC(=O)O)C(=O)NC1(c2ccc(F)cc2)CC1. The van der Waals surface area contributed by atoms with Crippen LogP contribution >= 0.6 is 0 Å². The van der Waals surface area contributed by atoms with Crippen molar-refractivity contribution in [1.29, 1.82) is 0 Å². The number of hydrogen-bond acceptors (Lipinski definition) is 2. The van der Waals surface area contributed by atoms with Gasteiger partial charge in [-0.15, -0.1) is 0 Å². The van der Waals surface area contributed by atoms with E-state index in [1.54, 1.807) is 12.1 Å². The van der Waals surface area contributed by atoms with E-state index in [1.165, 1.54) is 19.2 Å². The minimum absolute atomic E-state index is 0.325. The molecule has 2 rings (SSSR count). The number of likely N-dealkylation sites (N-methyl/N-ethyl adjacent to an activating group) is 1. The zero-order chi connectivity index (χ0) is 14.0. The summed E-state index contributed by atoms with van der Waals surface area (Å²) in [4.78, 5) is 23.5. The van der Waals surface area contributed by atoms with Crippen molar-refractivity contribution >= 4 is 12.0 Å². The van der Waals surface area contributed by atoms with E-state index in [2.05, 4.69) is 5.32 Å². The molecule has 0 unspecified atom stereocenters. The van der Waals surface area contributed by atoms with Crippen molar-refractivity contribution in [2.24, 2.45) is 0 Å². The number of carbonyl (C=O) groups is 2. The number of carbonyl (C=O) groups excluding carboxylic acids is 1. The summed E-state index contributed by atoms with van der Waals surface area (Å²) in [6.45, 7) is -0.356. The molecule has 1 fully saturated rings. The van der Waals surface area contributed by atoms with Crippen LogP contribution in [0.25, 0.3) is 0 Å². The van der Waals surface area contributed by atoms with Crippen LogP contribution < -0.4 is 5.32 Å². The fraction of sp³-hybridized carbons (Fsp3) is 0.385. The highest BCUT2D eigenvalue weighted by atomic mass is 19.1. The van der Waals surface area contributed by atoms with Crippen molar-refractivity contribution in [3.8, 4) is 0 Å². The lowest BCUT2D eigenvalue weighted by Gasteiger charge is -2.22. The Morgan fingerprint density at radius 1 is 1.37 bits per heavy atom. The van der Waals surface area contributed by atoms with Gasteiger partial charge in [-0.1, -0.05) is 12.1 Å². The smallest absolute Gasteiger partial charge is 0.323 e. The summed E-state index contributed by atoms with van der Waals surface area (Å²) < 4.78 is 12.9. The zero-order valence-corrected chi connectivity index (χ0v) is 10.5. The van der Waals surface area contributed by atoms with E-state index < -0.39 is 17.5 Å². The van der Waals surface area contributed by atoms with Crippen LogP contribution in [-0.2, 0) is 10.3 Å². The van der Waals surface area contributed by atoms with Gasteiger partial charge in [-0.3, -0.25) is 4.79 Å². The van der Waals surface area contributed by atoms with Crippen molar-refractivity contribution in [2.75, 3.05) is 13.6 Å². The van der Waals surface area contributed by atoms with Gasteiger partial charge in [-0.2, -0.15) is 0 Å². The van der Waals surface area contributed by atoms with E-state index in [4.69, 9.17) is 5.11 Å². The Labute approximate surface area is 110 Å². The normalized spacial score (nSPS) is 15.7. The van der Waals surface area contributed by atoms with E-state index in [0.29, 0.717) is 0 Å². The first-order valence-corrected chi connectivity index (χ1v) is 5.94. The number of nitrogens with zero attached hydrogens (tertiary/aromatic N) is 1. The molecule has 0 saturated heterocycles. The molecule has 0 aromatic heterocycles. The molecule has 1 aromatic carbocycles. The van der Waals surface area contributed by atoms with E-state index in [-0.39, 0.29) is 12.4 Å². The number of benzene rings is 1. The van der Waals surface area contributed by atoms with Crippen molar-refractivity contribution in [3.63, 3.8) is 0 Å². The summed E-state index contributed by atoms with van der Waals surface area (Å²) >= 11 is 0. The van der Waals surface area contributed by atoms with Gasteiger partial charge >= 0.3 is 12.0 Å². The molecule has 102 valence electrons. The molecule has 5 nitrogen and oxygen atoms in total. The Morgan fingerprint density at radius 3 is 2.42 bits per heavy atom. The van der Waals surface area contributed by atoms with Crippen LogP contribution in [-0.4, -0.2) is 35.6 Å². The Morgan fingerprint density at radius 2 is 1.95 bits per heavy atom. The molecular weight excluding hydrogens is 251 g/mol. The number of rotatable bonds is 4. The molecule has 0 atom stereocenters. The number of amides is 2. The zero-order valence-electron chi connectivity index (χ0n) is 10.5. The number of nitrogens with one attached hydrogen (secondary N) is 1. The summed E-state index contributed by atoms with van der Waals surface area (Å²) in [7, 11) is 1.42. The molecule has 0 radical (unpaired) electrons. The average Bonchev–Trinajstić information content (AvgIpc) is 3.09. The quantitative estimate of drug-likeness (QED) is 0.868. The third kappa shape index (κ3) is 3.01. The van der Waals surface area contributed by atoms with Crippen LogP contribution in [0.15, 0.2) is 24.3 Å². The van der Waals surface area contributed by atoms with Crippen molar-refractivity contribution < 1.29 is 19.1 Å². The highest BCUT2D eigenvalue weighted by Crippen LogP contribution is 2.45. The van der Waals surface area contributed by atoms with Gasteiger partial charge in [0.2, 0.25) is 0 Å². The second-order valence-electron chi connectivity index (χ2n) is 4.77. The molecule has 0 aliphatic heterocycles. The van der Waals surface area contributed by atoms with Crippen molar-refractivity contribution in [3.05, 3.63) is 35.6 Å². The molecule has 2 amide bonds. The van der Waals surface area contributed by atoms with Crippen LogP contribution in [0, 0.1) is 5.82 Å². The third-order valence-corrected chi connectivity index (χ3v) is 3.21. The molecule has 0 heterocycles. The minimum atomic E-state index is -1.07. The van der Waals surface area contributed by atoms with Gasteiger partial charge in [-0.05, 0) is 30.5 Å². The van der Waals surface area contributed by atoms with Crippen LogP contribution in [0.5, 0.6) is 0 Å². The molecule has 1 aromatic rings. The topological polar surface area (TPSA) is 69.6 Å². The van der Waals surface area contributed by atoms with Crippen molar-refractivity contribution in [1.82, 2.24) is 10.2 Å². The molecule has 0 bridgehead atoms. The van der Waals surface area contributed by atoms with Gasteiger partial charge in [0.05, 0.1) is 5.54 Å². The number of aliphatic carboxylic acids is 1. The summed E-state index contributed by atoms with van der Waals surface area (Å²) in [6.07, 6.45) is 1.54. The maximum absolute atomic E-state index is 12.9. The van der Waals surface area contributed by atoms with Gasteiger partial charge in [0.15, 0.2) is 0 Å². The number of carboxylic acids is 1. The second kappa shape index (κ2) is 4.87. The lowest BCUT2D eigenvalue weighted by Crippen LogP contribution is -2.44. The second-order valence-corrected chi connectivity index (χ2v) is 4.77. The first kappa shape index (κ1) is 13.3. The fourth-order valence-electron chi connectivity index (χ4n) is 1.95. The Hall–Kier alpha value is -2.11. The van der Waals surface area contributed by atoms with Gasteiger partial charge in [0, 0.05) is 7.05 Å². The predicted octanol–water partition coefficient (Wildman–Crippen LogP) is 1.54. The predicted molar refractivity (Wildman–Crippen MR) is 66.1 cm³/mol. The third-order valence-electron chi connectivity index (χ3n) is 3.21. The van der Waals surface area contributed by atoms with Gasteiger partial charge in [-0.25, -0.2) is 9.18 Å². The standard InChI is InChI=1S/C13H15FN2O3/c1-16(8-11(17)18)12(19)15-13(6-7-13)9-2-4-10(14)5-3-9/h2-5H,6-8H2,1H3,(H,15,19)(H,17,18). The Kier molecular flexibility index (Phi) is 3.42. The van der Waals surface area contributed by atoms with E-state index in [1.807, 2.05) is 0 Å². The monoisotopic (exact) mass is 266 g/mol. The van der Waals surface area contributed by atoms with E-state index in [9.17, 15) is 14.0 Å². The van der Waals surface area contributed by atoms with E-state index >= 15 is 0 Å². The molecule has 1 saturated carbocycles. The lowest BCUT2D eigenvalue weighted by molar-refractivity contribution is -0.137. The minimum Gasteiger partial charge on any atom is -0.480 e. The van der Waals surface area contributed by atoms with Gasteiger partial charge < -0.3 is 15.3 Å². The maximum atomic E-state index is 12.9. The fourth-order valence-corrected chi connectivity index (χ4v) is 1.95. The highest BCUT2D eigenvalue weighted by molar-refractivity contribution is 5.80. The Balaban J connectivity index is 2.04. The highest BCUT2D eigenvalue weighted by Gasteiger charge is 2.46. The molecule has 6 heteroatoms. The first-order chi connectivity index (χ1) is 8.93. The summed E-state index contributed by atoms with van der Waals surface area (Å²) in [5.41, 5.74) is 0.364. The number of urea groups is 1. The largest absolute Gasteiger partial charge is 0.480 e. The molecule has 19 heavy (non-hydrogen) atoms.